The van der Waals surface area contributed by atoms with Crippen molar-refractivity contribution < 1.29 is 14.7 Å². The lowest BCUT2D eigenvalue weighted by molar-refractivity contribution is -0.144. The number of rotatable bonds is 5. The number of hydrogen-bond donors (Lipinski definition) is 2. The molecule has 2 heterocycles. The van der Waals surface area contributed by atoms with Crippen LogP contribution in [0, 0.1) is 11.8 Å². The first-order chi connectivity index (χ1) is 9.02. The van der Waals surface area contributed by atoms with E-state index in [1.165, 1.54) is 11.3 Å². The summed E-state index contributed by atoms with van der Waals surface area (Å²) in [5.41, 5.74) is 5.88. The first kappa shape index (κ1) is 14.0. The Balaban J connectivity index is 1.90. The maximum atomic E-state index is 12.1. The van der Waals surface area contributed by atoms with Crippen LogP contribution >= 0.6 is 11.3 Å². The van der Waals surface area contributed by atoms with Crippen molar-refractivity contribution in [2.75, 3.05) is 19.6 Å². The predicted molar refractivity (Wildman–Crippen MR) is 71.1 cm³/mol. The van der Waals surface area contributed by atoms with Crippen molar-refractivity contribution in [1.29, 1.82) is 0 Å². The van der Waals surface area contributed by atoms with Gasteiger partial charge in [-0.15, -0.1) is 11.3 Å². The Labute approximate surface area is 115 Å². The van der Waals surface area contributed by atoms with Crippen LogP contribution in [0.1, 0.15) is 22.4 Å². The van der Waals surface area contributed by atoms with E-state index in [9.17, 15) is 9.59 Å². The minimum Gasteiger partial charge on any atom is -0.481 e. The normalized spacial score (nSPS) is 17.1. The van der Waals surface area contributed by atoms with E-state index < -0.39 is 11.9 Å². The van der Waals surface area contributed by atoms with E-state index in [1.54, 1.807) is 17.2 Å². The molecule has 104 valence electrons. The lowest BCUT2D eigenvalue weighted by Gasteiger charge is -2.40. The van der Waals surface area contributed by atoms with Gasteiger partial charge in [-0.05, 0) is 6.54 Å². The Morgan fingerprint density at radius 1 is 1.63 bits per heavy atom. The minimum absolute atomic E-state index is 0.0450. The molecule has 0 bridgehead atoms. The minimum atomic E-state index is -0.809. The predicted octanol–water partition coefficient (Wildman–Crippen LogP) is 0.437. The summed E-state index contributed by atoms with van der Waals surface area (Å²) >= 11 is 1.43. The number of hydrogen-bond acceptors (Lipinski definition) is 5. The molecule has 2 rings (SSSR count). The topological polar surface area (TPSA) is 96.5 Å². The molecule has 0 saturated carbocycles. The van der Waals surface area contributed by atoms with Crippen molar-refractivity contribution in [2.45, 2.75) is 13.3 Å². The fourth-order valence-corrected chi connectivity index (χ4v) is 2.79. The zero-order valence-corrected chi connectivity index (χ0v) is 11.5. The Bertz CT molecular complexity index is 482. The Morgan fingerprint density at radius 2 is 2.32 bits per heavy atom. The molecular weight excluding hydrogens is 266 g/mol. The number of carbonyl (C=O) groups excluding carboxylic acids is 1. The number of aliphatic carboxylic acids is 1. The number of thiazole rings is 1. The lowest BCUT2D eigenvalue weighted by atomic mass is 9.87. The van der Waals surface area contributed by atoms with E-state index in [1.807, 2.05) is 0 Å². The second-order valence-electron chi connectivity index (χ2n) is 4.76. The maximum Gasteiger partial charge on any atom is 0.306 e. The van der Waals surface area contributed by atoms with Crippen LogP contribution in [0.15, 0.2) is 5.38 Å². The molecule has 1 amide bonds. The third-order valence-corrected chi connectivity index (χ3v) is 4.33. The molecule has 1 aliphatic rings. The van der Waals surface area contributed by atoms with Crippen LogP contribution < -0.4 is 5.73 Å². The van der Waals surface area contributed by atoms with Crippen LogP contribution in [-0.4, -0.2) is 46.5 Å². The van der Waals surface area contributed by atoms with E-state index >= 15 is 0 Å². The summed E-state index contributed by atoms with van der Waals surface area (Å²) in [4.78, 5) is 28.8. The SMILES string of the molecule is CC(C(=O)O)C1CN(C(=O)c2csc(CCN)n2)C1. The monoisotopic (exact) mass is 283 g/mol. The van der Waals surface area contributed by atoms with Crippen molar-refractivity contribution >= 4 is 23.2 Å². The van der Waals surface area contributed by atoms with Gasteiger partial charge in [0.25, 0.3) is 5.91 Å². The summed E-state index contributed by atoms with van der Waals surface area (Å²) in [5.74, 6) is -1.29. The van der Waals surface area contributed by atoms with Crippen LogP contribution in [0.4, 0.5) is 0 Å². The summed E-state index contributed by atoms with van der Waals surface area (Å²) in [6, 6.07) is 0. The molecule has 0 aromatic carbocycles. The zero-order chi connectivity index (χ0) is 14.0. The molecule has 1 aromatic rings. The summed E-state index contributed by atoms with van der Waals surface area (Å²) in [7, 11) is 0. The molecule has 0 spiro atoms. The summed E-state index contributed by atoms with van der Waals surface area (Å²) in [6.07, 6.45) is 0.677. The van der Waals surface area contributed by atoms with Gasteiger partial charge >= 0.3 is 5.97 Å². The zero-order valence-electron chi connectivity index (χ0n) is 10.7. The summed E-state index contributed by atoms with van der Waals surface area (Å²) in [6.45, 7) is 3.19. The molecule has 1 aromatic heterocycles. The Kier molecular flexibility index (Phi) is 4.16. The van der Waals surface area contributed by atoms with Gasteiger partial charge in [0.1, 0.15) is 5.69 Å². The molecule has 1 unspecified atom stereocenters. The first-order valence-electron chi connectivity index (χ1n) is 6.19. The van der Waals surface area contributed by atoms with Crippen LogP contribution in [0.5, 0.6) is 0 Å². The van der Waals surface area contributed by atoms with E-state index in [-0.39, 0.29) is 11.8 Å². The number of carboxylic acids is 1. The molecule has 1 atom stereocenters. The first-order valence-corrected chi connectivity index (χ1v) is 7.07. The molecule has 3 N–H and O–H groups in total. The lowest BCUT2D eigenvalue weighted by Crippen LogP contribution is -2.53. The molecule has 1 fully saturated rings. The molecule has 6 nitrogen and oxygen atoms in total. The smallest absolute Gasteiger partial charge is 0.306 e. The maximum absolute atomic E-state index is 12.1. The molecule has 0 radical (unpaired) electrons. The second-order valence-corrected chi connectivity index (χ2v) is 5.70. The van der Waals surface area contributed by atoms with Gasteiger partial charge in [-0.25, -0.2) is 4.98 Å². The molecule has 0 aliphatic carbocycles. The highest BCUT2D eigenvalue weighted by atomic mass is 32.1. The number of carbonyl (C=O) groups is 2. The van der Waals surface area contributed by atoms with Crippen molar-refractivity contribution in [3.63, 3.8) is 0 Å². The number of nitrogens with zero attached hydrogens (tertiary/aromatic N) is 2. The second kappa shape index (κ2) is 5.66. The number of carboxylic acid groups (broad SMARTS) is 1. The van der Waals surface area contributed by atoms with Gasteiger partial charge in [0, 0.05) is 30.8 Å². The molecular formula is C12H17N3O3S. The van der Waals surface area contributed by atoms with E-state index in [0.29, 0.717) is 31.7 Å². The van der Waals surface area contributed by atoms with Crippen molar-refractivity contribution in [1.82, 2.24) is 9.88 Å². The van der Waals surface area contributed by atoms with Crippen LogP contribution in [0.2, 0.25) is 0 Å². The van der Waals surface area contributed by atoms with Crippen LogP contribution in [0.25, 0.3) is 0 Å². The number of amides is 1. The van der Waals surface area contributed by atoms with Crippen molar-refractivity contribution in [3.05, 3.63) is 16.1 Å². The van der Waals surface area contributed by atoms with Crippen molar-refractivity contribution in [2.24, 2.45) is 17.6 Å². The average Bonchev–Trinajstić information content (AvgIpc) is 2.75. The highest BCUT2D eigenvalue weighted by Crippen LogP contribution is 2.26. The number of nitrogens with two attached hydrogens (primary N) is 1. The summed E-state index contributed by atoms with van der Waals surface area (Å²) in [5, 5.41) is 11.5. The standard InChI is InChI=1S/C12H17N3O3S/c1-7(12(17)18)8-4-15(5-8)11(16)9-6-19-10(14-9)2-3-13/h6-8H,2-5,13H2,1H3,(H,17,18). The van der Waals surface area contributed by atoms with Crippen molar-refractivity contribution in [3.8, 4) is 0 Å². The van der Waals surface area contributed by atoms with Gasteiger partial charge in [-0.1, -0.05) is 6.92 Å². The highest BCUT2D eigenvalue weighted by Gasteiger charge is 2.37. The fourth-order valence-electron chi connectivity index (χ4n) is 2.01. The largest absolute Gasteiger partial charge is 0.481 e. The Morgan fingerprint density at radius 3 is 2.89 bits per heavy atom. The fraction of sp³-hybridized carbons (Fsp3) is 0.583. The molecule has 1 saturated heterocycles. The highest BCUT2D eigenvalue weighted by molar-refractivity contribution is 7.09. The molecule has 19 heavy (non-hydrogen) atoms. The number of likely N-dealkylation sites (tertiary alicyclic amines) is 1. The Hall–Kier alpha value is -1.47. The van der Waals surface area contributed by atoms with E-state index in [2.05, 4.69) is 4.98 Å². The third-order valence-electron chi connectivity index (χ3n) is 3.42. The van der Waals surface area contributed by atoms with Gasteiger partial charge in [0.05, 0.1) is 10.9 Å². The van der Waals surface area contributed by atoms with Gasteiger partial charge in [-0.3, -0.25) is 9.59 Å². The van der Waals surface area contributed by atoms with Gasteiger partial charge in [0.2, 0.25) is 0 Å². The summed E-state index contributed by atoms with van der Waals surface area (Å²) < 4.78 is 0. The van der Waals surface area contributed by atoms with Gasteiger partial charge in [-0.2, -0.15) is 0 Å². The molecule has 1 aliphatic heterocycles. The number of aromatic nitrogens is 1. The molecule has 7 heteroatoms. The van der Waals surface area contributed by atoms with Crippen LogP contribution in [0.3, 0.4) is 0 Å². The van der Waals surface area contributed by atoms with E-state index in [0.717, 1.165) is 5.01 Å². The van der Waals surface area contributed by atoms with Gasteiger partial charge in [0.15, 0.2) is 0 Å². The quantitative estimate of drug-likeness (QED) is 0.817. The average molecular weight is 283 g/mol. The van der Waals surface area contributed by atoms with Gasteiger partial charge < -0.3 is 15.7 Å². The van der Waals surface area contributed by atoms with E-state index in [4.69, 9.17) is 10.8 Å². The van der Waals surface area contributed by atoms with Crippen LogP contribution in [-0.2, 0) is 11.2 Å². The third kappa shape index (κ3) is 2.93.